The number of nitrogens with zero attached hydrogens (tertiary/aromatic N) is 3. The molecule has 34 heavy (non-hydrogen) atoms. The van der Waals surface area contributed by atoms with Gasteiger partial charge >= 0.3 is 0 Å². The quantitative estimate of drug-likeness (QED) is 0.284. The molecule has 172 valence electrons. The number of hydrogen-bond donors (Lipinski definition) is 1. The highest BCUT2D eigenvalue weighted by Gasteiger charge is 2.19. The van der Waals surface area contributed by atoms with Gasteiger partial charge in [-0.1, -0.05) is 11.6 Å². The van der Waals surface area contributed by atoms with Crippen LogP contribution in [0, 0.1) is 6.92 Å². The summed E-state index contributed by atoms with van der Waals surface area (Å²) in [7, 11) is 3.21. The molecule has 0 aliphatic heterocycles. The molecule has 0 aliphatic rings. The van der Waals surface area contributed by atoms with E-state index in [9.17, 15) is 4.79 Å². The maximum atomic E-state index is 13.0. The molecule has 0 unspecified atom stereocenters. The first-order valence-electron chi connectivity index (χ1n) is 10.2. The van der Waals surface area contributed by atoms with Gasteiger partial charge in [-0.25, -0.2) is 9.67 Å². The van der Waals surface area contributed by atoms with E-state index in [0.29, 0.717) is 32.2 Å². The first-order valence-corrected chi connectivity index (χ1v) is 12.3. The number of halogens is 1. The van der Waals surface area contributed by atoms with Crippen molar-refractivity contribution in [2.75, 3.05) is 19.5 Å². The van der Waals surface area contributed by atoms with Crippen LogP contribution in [-0.2, 0) is 0 Å². The van der Waals surface area contributed by atoms with E-state index in [1.807, 2.05) is 65.5 Å². The Hall–Kier alpha value is -3.40. The van der Waals surface area contributed by atoms with Crippen molar-refractivity contribution in [3.63, 3.8) is 0 Å². The summed E-state index contributed by atoms with van der Waals surface area (Å²) in [6, 6.07) is 14.8. The van der Waals surface area contributed by atoms with E-state index in [4.69, 9.17) is 21.1 Å². The zero-order chi connectivity index (χ0) is 23.8. The predicted octanol–water partition coefficient (Wildman–Crippen LogP) is 6.44. The number of anilines is 1. The van der Waals surface area contributed by atoms with Crippen LogP contribution < -0.4 is 14.8 Å². The highest BCUT2D eigenvalue weighted by Crippen LogP contribution is 2.36. The molecule has 0 bridgehead atoms. The minimum atomic E-state index is -0.221. The highest BCUT2D eigenvalue weighted by atomic mass is 35.5. The van der Waals surface area contributed by atoms with Crippen LogP contribution in [0.1, 0.15) is 15.4 Å². The van der Waals surface area contributed by atoms with Gasteiger partial charge in [-0.3, -0.25) is 10.1 Å². The summed E-state index contributed by atoms with van der Waals surface area (Å²) in [6.45, 7) is 1.93. The van der Waals surface area contributed by atoms with Crippen LogP contribution in [0.2, 0.25) is 5.02 Å². The SMILES string of the molecule is COc1ccc(OC)c(-c2csc(NC(=O)c3cc4c(C)nn(-c5ccc(Cl)cc5)c4s3)n2)c1. The van der Waals surface area contributed by atoms with E-state index < -0.39 is 0 Å². The van der Waals surface area contributed by atoms with E-state index >= 15 is 0 Å². The number of thiophene rings is 1. The van der Waals surface area contributed by atoms with Gasteiger partial charge in [0, 0.05) is 21.4 Å². The van der Waals surface area contributed by atoms with Gasteiger partial charge in [0.25, 0.3) is 5.91 Å². The number of carbonyl (C=O) groups is 1. The Morgan fingerprint density at radius 3 is 2.62 bits per heavy atom. The minimum Gasteiger partial charge on any atom is -0.497 e. The summed E-state index contributed by atoms with van der Waals surface area (Å²) < 4.78 is 12.6. The van der Waals surface area contributed by atoms with Crippen molar-refractivity contribution in [1.29, 1.82) is 0 Å². The fourth-order valence-corrected chi connectivity index (χ4v) is 5.45. The third-order valence-electron chi connectivity index (χ3n) is 5.25. The van der Waals surface area contributed by atoms with Gasteiger partial charge in [-0.15, -0.1) is 22.7 Å². The summed E-state index contributed by atoms with van der Waals surface area (Å²) in [5.74, 6) is 1.15. The molecule has 5 rings (SSSR count). The van der Waals surface area contributed by atoms with E-state index in [1.165, 1.54) is 22.7 Å². The van der Waals surface area contributed by atoms with E-state index in [2.05, 4.69) is 15.4 Å². The number of thiazole rings is 1. The maximum absolute atomic E-state index is 13.0. The van der Waals surface area contributed by atoms with Crippen molar-refractivity contribution in [1.82, 2.24) is 14.8 Å². The highest BCUT2D eigenvalue weighted by molar-refractivity contribution is 7.20. The molecular formula is C24H19ClN4O3S2. The Labute approximate surface area is 208 Å². The zero-order valence-electron chi connectivity index (χ0n) is 18.5. The second kappa shape index (κ2) is 9.09. The fraction of sp³-hybridized carbons (Fsp3) is 0.125. The molecular weight excluding hydrogens is 492 g/mol. The van der Waals surface area contributed by atoms with Crippen LogP contribution in [-0.4, -0.2) is 34.9 Å². The van der Waals surface area contributed by atoms with Gasteiger partial charge in [0.2, 0.25) is 0 Å². The summed E-state index contributed by atoms with van der Waals surface area (Å²) >= 11 is 8.75. The van der Waals surface area contributed by atoms with Gasteiger partial charge in [-0.05, 0) is 55.5 Å². The molecule has 0 atom stereocenters. The van der Waals surface area contributed by atoms with Gasteiger partial charge in [0.1, 0.15) is 16.3 Å². The largest absolute Gasteiger partial charge is 0.497 e. The van der Waals surface area contributed by atoms with Gasteiger partial charge < -0.3 is 9.47 Å². The number of nitrogens with one attached hydrogen (secondary N) is 1. The molecule has 2 aromatic carbocycles. The number of aromatic nitrogens is 3. The average Bonchev–Trinajstić information content (AvgIpc) is 3.56. The molecule has 1 N–H and O–H groups in total. The Morgan fingerprint density at radius 1 is 1.09 bits per heavy atom. The number of hydrogen-bond acceptors (Lipinski definition) is 7. The maximum Gasteiger partial charge on any atom is 0.267 e. The summed E-state index contributed by atoms with van der Waals surface area (Å²) in [5, 5.41) is 11.5. The van der Waals surface area contributed by atoms with Gasteiger partial charge in [-0.2, -0.15) is 5.10 Å². The zero-order valence-corrected chi connectivity index (χ0v) is 20.8. The third kappa shape index (κ3) is 4.13. The molecule has 1 amide bonds. The Morgan fingerprint density at radius 2 is 1.88 bits per heavy atom. The fourth-order valence-electron chi connectivity index (χ4n) is 3.54. The standard InChI is InChI=1S/C24H19ClN4O3S2/c1-13-17-11-21(34-23(17)29(28-13)15-6-4-14(25)5-7-15)22(30)27-24-26-19(12-33-24)18-10-16(31-2)8-9-20(18)32-3/h4-12H,1-3H3,(H,26,27,30). The number of rotatable bonds is 6. The minimum absolute atomic E-state index is 0.221. The first kappa shape index (κ1) is 22.4. The lowest BCUT2D eigenvalue weighted by Crippen LogP contribution is -2.09. The Bertz CT molecular complexity index is 1500. The second-order valence-electron chi connectivity index (χ2n) is 7.36. The smallest absolute Gasteiger partial charge is 0.267 e. The van der Waals surface area contributed by atoms with Crippen molar-refractivity contribution >= 4 is 55.5 Å². The average molecular weight is 511 g/mol. The van der Waals surface area contributed by atoms with Crippen LogP contribution in [0.4, 0.5) is 5.13 Å². The molecule has 3 aromatic heterocycles. The Kier molecular flexibility index (Phi) is 5.99. The number of aryl methyl sites for hydroxylation is 1. The van der Waals surface area contributed by atoms with Crippen molar-refractivity contribution < 1.29 is 14.3 Å². The van der Waals surface area contributed by atoms with Crippen LogP contribution in [0.25, 0.3) is 27.2 Å². The molecule has 0 saturated heterocycles. The van der Waals surface area contributed by atoms with Crippen molar-refractivity contribution in [3.05, 3.63) is 69.5 Å². The topological polar surface area (TPSA) is 78.3 Å². The molecule has 3 heterocycles. The molecule has 5 aromatic rings. The van der Waals surface area contributed by atoms with Crippen molar-refractivity contribution in [3.8, 4) is 28.4 Å². The summed E-state index contributed by atoms with van der Waals surface area (Å²) in [5.41, 5.74) is 3.22. The third-order valence-corrected chi connectivity index (χ3v) is 7.37. The number of fused-ring (bicyclic) bond motifs is 1. The number of benzene rings is 2. The lowest BCUT2D eigenvalue weighted by molar-refractivity contribution is 0.103. The Balaban J connectivity index is 1.42. The molecule has 0 spiro atoms. The monoisotopic (exact) mass is 510 g/mol. The molecule has 0 saturated carbocycles. The molecule has 0 radical (unpaired) electrons. The van der Waals surface area contributed by atoms with Gasteiger partial charge in [0.15, 0.2) is 5.13 Å². The normalized spacial score (nSPS) is 11.1. The molecule has 0 aliphatic carbocycles. The lowest BCUT2D eigenvalue weighted by Gasteiger charge is -2.08. The van der Waals surface area contributed by atoms with E-state index in [0.717, 1.165) is 27.2 Å². The van der Waals surface area contributed by atoms with E-state index in [1.54, 1.807) is 14.2 Å². The number of carbonyl (C=O) groups excluding carboxylic acids is 1. The van der Waals surface area contributed by atoms with Gasteiger partial charge in [0.05, 0.1) is 36.2 Å². The van der Waals surface area contributed by atoms with E-state index in [-0.39, 0.29) is 5.91 Å². The van der Waals surface area contributed by atoms with Crippen LogP contribution in [0.3, 0.4) is 0 Å². The number of amides is 1. The lowest BCUT2D eigenvalue weighted by atomic mass is 10.1. The van der Waals surface area contributed by atoms with Crippen molar-refractivity contribution in [2.45, 2.75) is 6.92 Å². The summed E-state index contributed by atoms with van der Waals surface area (Å²) in [4.78, 5) is 19.1. The number of methoxy groups -OCH3 is 2. The summed E-state index contributed by atoms with van der Waals surface area (Å²) in [6.07, 6.45) is 0. The van der Waals surface area contributed by atoms with Crippen LogP contribution in [0.15, 0.2) is 53.9 Å². The second-order valence-corrected chi connectivity index (χ2v) is 9.69. The first-order chi connectivity index (χ1) is 16.5. The van der Waals surface area contributed by atoms with Crippen LogP contribution in [0.5, 0.6) is 11.5 Å². The van der Waals surface area contributed by atoms with Crippen molar-refractivity contribution in [2.24, 2.45) is 0 Å². The predicted molar refractivity (Wildman–Crippen MR) is 137 cm³/mol. The van der Waals surface area contributed by atoms with Crippen LogP contribution >= 0.6 is 34.3 Å². The molecule has 7 nitrogen and oxygen atoms in total. The molecule has 10 heteroatoms. The molecule has 0 fully saturated rings. The number of ether oxygens (including phenoxy) is 2.